The van der Waals surface area contributed by atoms with Gasteiger partial charge >= 0.3 is 5.97 Å². The van der Waals surface area contributed by atoms with Crippen LogP contribution in [0.4, 0.5) is 0 Å². The van der Waals surface area contributed by atoms with Crippen LogP contribution in [0, 0.1) is 13.8 Å². The van der Waals surface area contributed by atoms with Crippen molar-refractivity contribution < 1.29 is 9.90 Å². The quantitative estimate of drug-likeness (QED) is 0.824. The Hall–Kier alpha value is -1.35. The van der Waals surface area contributed by atoms with E-state index in [9.17, 15) is 9.90 Å². The molecule has 1 unspecified atom stereocenters. The first kappa shape index (κ1) is 11.7. The molecule has 1 N–H and O–H groups in total. The van der Waals surface area contributed by atoms with E-state index in [0.29, 0.717) is 0 Å². The molecular formula is C12H17NO2. The summed E-state index contributed by atoms with van der Waals surface area (Å²) in [4.78, 5) is 12.9. The summed E-state index contributed by atoms with van der Waals surface area (Å²) in [5, 5.41) is 9.20. The first-order chi connectivity index (χ1) is 6.95. The molecule has 0 aromatic heterocycles. The van der Waals surface area contributed by atoms with Crippen molar-refractivity contribution in [2.24, 2.45) is 0 Å². The molecule has 0 fully saturated rings. The minimum atomic E-state index is -0.808. The Morgan fingerprint density at radius 2 is 1.73 bits per heavy atom. The molecular weight excluding hydrogens is 190 g/mol. The van der Waals surface area contributed by atoms with E-state index in [1.54, 1.807) is 19.0 Å². The summed E-state index contributed by atoms with van der Waals surface area (Å²) in [5.41, 5.74) is 2.95. The van der Waals surface area contributed by atoms with Crippen molar-refractivity contribution in [1.29, 1.82) is 0 Å². The van der Waals surface area contributed by atoms with Crippen LogP contribution in [0.2, 0.25) is 0 Å². The van der Waals surface area contributed by atoms with Crippen molar-refractivity contribution in [3.63, 3.8) is 0 Å². The number of aliphatic carboxylic acids is 1. The molecule has 0 radical (unpaired) electrons. The Bertz CT molecular complexity index is 352. The highest BCUT2D eigenvalue weighted by Crippen LogP contribution is 2.25. The number of carbonyl (C=O) groups is 1. The van der Waals surface area contributed by atoms with E-state index in [1.165, 1.54) is 0 Å². The van der Waals surface area contributed by atoms with Crippen molar-refractivity contribution in [2.45, 2.75) is 19.9 Å². The molecule has 1 aromatic rings. The monoisotopic (exact) mass is 207 g/mol. The van der Waals surface area contributed by atoms with Gasteiger partial charge in [-0.3, -0.25) is 9.69 Å². The van der Waals surface area contributed by atoms with Crippen LogP contribution in [0.25, 0.3) is 0 Å². The van der Waals surface area contributed by atoms with Crippen LogP contribution in [0.3, 0.4) is 0 Å². The predicted octanol–water partition coefficient (Wildman–Crippen LogP) is 1.99. The van der Waals surface area contributed by atoms with Crippen LogP contribution in [0.5, 0.6) is 0 Å². The number of carboxylic acid groups (broad SMARTS) is 1. The number of carboxylic acids is 1. The SMILES string of the molecule is Cc1cccc(C)c1C(C(=O)O)N(C)C. The third kappa shape index (κ3) is 2.36. The minimum Gasteiger partial charge on any atom is -0.480 e. The van der Waals surface area contributed by atoms with E-state index >= 15 is 0 Å². The minimum absolute atomic E-state index is 0.564. The van der Waals surface area contributed by atoms with Gasteiger partial charge in [-0.1, -0.05) is 18.2 Å². The van der Waals surface area contributed by atoms with Gasteiger partial charge in [0.05, 0.1) is 0 Å². The highest BCUT2D eigenvalue weighted by molar-refractivity contribution is 5.76. The normalized spacial score (nSPS) is 12.9. The van der Waals surface area contributed by atoms with Gasteiger partial charge in [0.1, 0.15) is 6.04 Å². The fourth-order valence-electron chi connectivity index (χ4n) is 1.86. The number of rotatable bonds is 3. The van der Waals surface area contributed by atoms with Crippen LogP contribution >= 0.6 is 0 Å². The second kappa shape index (κ2) is 4.45. The highest BCUT2D eigenvalue weighted by atomic mass is 16.4. The Morgan fingerprint density at radius 3 is 2.07 bits per heavy atom. The van der Waals surface area contributed by atoms with Crippen LogP contribution in [0.1, 0.15) is 22.7 Å². The van der Waals surface area contributed by atoms with Crippen LogP contribution in [0.15, 0.2) is 18.2 Å². The topological polar surface area (TPSA) is 40.5 Å². The Kier molecular flexibility index (Phi) is 3.48. The van der Waals surface area contributed by atoms with Gasteiger partial charge in [0.15, 0.2) is 0 Å². The zero-order valence-corrected chi connectivity index (χ0v) is 9.61. The van der Waals surface area contributed by atoms with Gasteiger partial charge < -0.3 is 5.11 Å². The molecule has 1 atom stereocenters. The second-order valence-corrected chi connectivity index (χ2v) is 4.01. The molecule has 0 spiro atoms. The van der Waals surface area contributed by atoms with Crippen molar-refractivity contribution >= 4 is 5.97 Å². The molecule has 3 heteroatoms. The van der Waals surface area contributed by atoms with Crippen molar-refractivity contribution in [3.05, 3.63) is 34.9 Å². The number of hydrogen-bond acceptors (Lipinski definition) is 2. The van der Waals surface area contributed by atoms with Crippen molar-refractivity contribution in [1.82, 2.24) is 4.90 Å². The molecule has 0 bridgehead atoms. The van der Waals surface area contributed by atoms with E-state index in [1.807, 2.05) is 32.0 Å². The van der Waals surface area contributed by atoms with E-state index in [4.69, 9.17) is 0 Å². The maximum absolute atomic E-state index is 11.2. The van der Waals surface area contributed by atoms with E-state index < -0.39 is 12.0 Å². The molecule has 82 valence electrons. The summed E-state index contributed by atoms with van der Waals surface area (Å²) >= 11 is 0. The summed E-state index contributed by atoms with van der Waals surface area (Å²) < 4.78 is 0. The average molecular weight is 207 g/mol. The largest absolute Gasteiger partial charge is 0.480 e. The number of aryl methyl sites for hydroxylation is 2. The van der Waals surface area contributed by atoms with Gasteiger partial charge in [-0.15, -0.1) is 0 Å². The maximum atomic E-state index is 11.2. The summed E-state index contributed by atoms with van der Waals surface area (Å²) in [7, 11) is 3.56. The first-order valence-electron chi connectivity index (χ1n) is 4.90. The van der Waals surface area contributed by atoms with Gasteiger partial charge in [-0.2, -0.15) is 0 Å². The third-order valence-corrected chi connectivity index (χ3v) is 2.57. The fraction of sp³-hybridized carbons (Fsp3) is 0.417. The van der Waals surface area contributed by atoms with E-state index in [2.05, 4.69) is 0 Å². The summed E-state index contributed by atoms with van der Waals surface area (Å²) in [5.74, 6) is -0.808. The lowest BCUT2D eigenvalue weighted by atomic mass is 9.95. The number of benzene rings is 1. The van der Waals surface area contributed by atoms with Gasteiger partial charge in [0, 0.05) is 0 Å². The average Bonchev–Trinajstić information content (AvgIpc) is 2.09. The number of likely N-dealkylation sites (N-methyl/N-ethyl adjacent to an activating group) is 1. The summed E-state index contributed by atoms with van der Waals surface area (Å²) in [6.07, 6.45) is 0. The number of nitrogens with zero attached hydrogens (tertiary/aromatic N) is 1. The molecule has 1 aromatic carbocycles. The van der Waals surface area contributed by atoms with Gasteiger partial charge in [0.25, 0.3) is 0 Å². The van der Waals surface area contributed by atoms with Crippen LogP contribution in [-0.2, 0) is 4.79 Å². The zero-order chi connectivity index (χ0) is 11.6. The lowest BCUT2D eigenvalue weighted by Crippen LogP contribution is -2.28. The first-order valence-corrected chi connectivity index (χ1v) is 4.90. The molecule has 1 rings (SSSR count). The molecule has 0 aliphatic rings. The lowest BCUT2D eigenvalue weighted by molar-refractivity contribution is -0.142. The van der Waals surface area contributed by atoms with Crippen LogP contribution < -0.4 is 0 Å². The maximum Gasteiger partial charge on any atom is 0.325 e. The highest BCUT2D eigenvalue weighted by Gasteiger charge is 2.24. The molecule has 0 saturated heterocycles. The van der Waals surface area contributed by atoms with Crippen molar-refractivity contribution in [2.75, 3.05) is 14.1 Å². The Morgan fingerprint density at radius 1 is 1.27 bits per heavy atom. The molecule has 0 amide bonds. The summed E-state index contributed by atoms with van der Waals surface area (Å²) in [6.45, 7) is 3.89. The van der Waals surface area contributed by atoms with Gasteiger partial charge in [-0.25, -0.2) is 0 Å². The Balaban J connectivity index is 3.28. The fourth-order valence-corrected chi connectivity index (χ4v) is 1.86. The molecule has 15 heavy (non-hydrogen) atoms. The smallest absolute Gasteiger partial charge is 0.325 e. The van der Waals surface area contributed by atoms with Crippen molar-refractivity contribution in [3.8, 4) is 0 Å². The number of hydrogen-bond donors (Lipinski definition) is 1. The standard InChI is InChI=1S/C12H17NO2/c1-8-6-5-7-9(2)10(8)11(12(14)15)13(3)4/h5-7,11H,1-4H3,(H,14,15). The molecule has 0 aliphatic heterocycles. The van der Waals surface area contributed by atoms with Gasteiger partial charge in [-0.05, 0) is 44.6 Å². The lowest BCUT2D eigenvalue weighted by Gasteiger charge is -2.23. The third-order valence-electron chi connectivity index (χ3n) is 2.57. The predicted molar refractivity (Wildman–Crippen MR) is 60.0 cm³/mol. The van der Waals surface area contributed by atoms with E-state index in [-0.39, 0.29) is 0 Å². The summed E-state index contributed by atoms with van der Waals surface area (Å²) in [6, 6.07) is 5.28. The second-order valence-electron chi connectivity index (χ2n) is 4.01. The van der Waals surface area contributed by atoms with Gasteiger partial charge in [0.2, 0.25) is 0 Å². The molecule has 3 nitrogen and oxygen atoms in total. The Labute approximate surface area is 90.3 Å². The zero-order valence-electron chi connectivity index (χ0n) is 9.61. The molecule has 0 aliphatic carbocycles. The van der Waals surface area contributed by atoms with E-state index in [0.717, 1.165) is 16.7 Å². The molecule has 0 heterocycles. The molecule has 0 saturated carbocycles. The van der Waals surface area contributed by atoms with Crippen LogP contribution in [-0.4, -0.2) is 30.1 Å².